The van der Waals surface area contributed by atoms with E-state index >= 15 is 0 Å². The van der Waals surface area contributed by atoms with Crippen LogP contribution in [0.2, 0.25) is 0 Å². The Bertz CT molecular complexity index is 729. The first-order valence-electron chi connectivity index (χ1n) is 12.8. The van der Waals surface area contributed by atoms with Crippen molar-refractivity contribution in [3.05, 3.63) is 35.9 Å². The average molecular weight is 458 g/mol. The Balaban J connectivity index is 2.04. The van der Waals surface area contributed by atoms with Gasteiger partial charge in [-0.05, 0) is 36.7 Å². The zero-order valence-corrected chi connectivity index (χ0v) is 20.7. The Hall–Kier alpha value is -2.37. The van der Waals surface area contributed by atoms with Gasteiger partial charge in [0.2, 0.25) is 17.7 Å². The summed E-state index contributed by atoms with van der Waals surface area (Å²) in [4.78, 5) is 38.8. The SMILES string of the molecule is CCCCNC(=O)[C@H](CC1CCCCC1)NC(=O)[C@H](CC(C)C)NC(=O)Cc1ccccc1. The van der Waals surface area contributed by atoms with Crippen molar-refractivity contribution in [2.24, 2.45) is 11.8 Å². The maximum absolute atomic E-state index is 13.2. The zero-order valence-electron chi connectivity index (χ0n) is 20.7. The van der Waals surface area contributed by atoms with E-state index < -0.39 is 12.1 Å². The number of nitrogens with one attached hydrogen (secondary N) is 3. The largest absolute Gasteiger partial charge is 0.354 e. The Labute approximate surface area is 199 Å². The fourth-order valence-corrected chi connectivity index (χ4v) is 4.50. The van der Waals surface area contributed by atoms with Gasteiger partial charge < -0.3 is 16.0 Å². The second-order valence-electron chi connectivity index (χ2n) is 9.86. The molecule has 0 aromatic heterocycles. The van der Waals surface area contributed by atoms with Gasteiger partial charge in [-0.2, -0.15) is 0 Å². The molecule has 2 rings (SSSR count). The van der Waals surface area contributed by atoms with Gasteiger partial charge in [-0.3, -0.25) is 14.4 Å². The highest BCUT2D eigenvalue weighted by atomic mass is 16.2. The van der Waals surface area contributed by atoms with E-state index in [0.717, 1.165) is 31.2 Å². The molecule has 0 spiro atoms. The maximum Gasteiger partial charge on any atom is 0.243 e. The molecule has 1 aromatic carbocycles. The summed E-state index contributed by atoms with van der Waals surface area (Å²) in [6, 6.07) is 8.29. The molecule has 1 fully saturated rings. The lowest BCUT2D eigenvalue weighted by atomic mass is 9.84. The molecular weight excluding hydrogens is 414 g/mol. The molecule has 1 aromatic rings. The molecule has 3 amide bonds. The summed E-state index contributed by atoms with van der Waals surface area (Å²) in [5.74, 6) is 0.126. The highest BCUT2D eigenvalue weighted by molar-refractivity contribution is 5.92. The van der Waals surface area contributed by atoms with E-state index in [9.17, 15) is 14.4 Å². The van der Waals surface area contributed by atoms with Crippen LogP contribution in [0.1, 0.15) is 84.1 Å². The van der Waals surface area contributed by atoms with Gasteiger partial charge in [-0.1, -0.05) is 89.6 Å². The molecule has 2 atom stereocenters. The number of unbranched alkanes of at least 4 members (excludes halogenated alkanes) is 1. The van der Waals surface area contributed by atoms with Crippen molar-refractivity contribution in [2.45, 2.75) is 97.1 Å². The summed E-state index contributed by atoms with van der Waals surface area (Å²) in [5.41, 5.74) is 0.907. The van der Waals surface area contributed by atoms with Crippen LogP contribution < -0.4 is 16.0 Å². The van der Waals surface area contributed by atoms with Gasteiger partial charge in [0.15, 0.2) is 0 Å². The van der Waals surface area contributed by atoms with Crippen LogP contribution in [0.5, 0.6) is 0 Å². The third-order valence-electron chi connectivity index (χ3n) is 6.32. The number of carbonyl (C=O) groups excluding carboxylic acids is 3. The number of hydrogen-bond acceptors (Lipinski definition) is 3. The lowest BCUT2D eigenvalue weighted by molar-refractivity contribution is -0.132. The molecule has 1 aliphatic rings. The summed E-state index contributed by atoms with van der Waals surface area (Å²) in [7, 11) is 0. The van der Waals surface area contributed by atoms with Crippen LogP contribution in [0.3, 0.4) is 0 Å². The smallest absolute Gasteiger partial charge is 0.243 e. The average Bonchev–Trinajstić information content (AvgIpc) is 2.79. The van der Waals surface area contributed by atoms with E-state index in [4.69, 9.17) is 0 Å². The Morgan fingerprint density at radius 2 is 1.64 bits per heavy atom. The highest BCUT2D eigenvalue weighted by Crippen LogP contribution is 2.27. The van der Waals surface area contributed by atoms with Gasteiger partial charge in [-0.25, -0.2) is 0 Å². The summed E-state index contributed by atoms with van der Waals surface area (Å²) in [6.07, 6.45) is 9.19. The Kier molecular flexibility index (Phi) is 12.0. The third-order valence-corrected chi connectivity index (χ3v) is 6.32. The second kappa shape index (κ2) is 14.7. The number of rotatable bonds is 13. The van der Waals surface area contributed by atoms with Gasteiger partial charge >= 0.3 is 0 Å². The Morgan fingerprint density at radius 3 is 2.27 bits per heavy atom. The van der Waals surface area contributed by atoms with Gasteiger partial charge in [0.1, 0.15) is 12.1 Å². The number of carbonyl (C=O) groups is 3. The standard InChI is InChI=1S/C27H43N3O3/c1-4-5-16-28-26(32)24(18-21-12-8-6-9-13-21)30-27(33)23(17-20(2)3)29-25(31)19-22-14-10-7-11-15-22/h7,10-11,14-15,20-21,23-24H,4-6,8-9,12-13,16-19H2,1-3H3,(H,28,32)(H,29,31)(H,30,33)/t23-,24-/m0/s1. The first-order chi connectivity index (χ1) is 15.9. The van der Waals surface area contributed by atoms with E-state index in [1.54, 1.807) is 0 Å². The van der Waals surface area contributed by atoms with E-state index in [0.29, 0.717) is 25.3 Å². The normalized spacial score (nSPS) is 16.1. The van der Waals surface area contributed by atoms with E-state index in [-0.39, 0.29) is 30.1 Å². The molecule has 1 saturated carbocycles. The fourth-order valence-electron chi connectivity index (χ4n) is 4.50. The van der Waals surface area contributed by atoms with Gasteiger partial charge in [0.05, 0.1) is 6.42 Å². The molecule has 6 heteroatoms. The van der Waals surface area contributed by atoms with Crippen LogP contribution in [0.4, 0.5) is 0 Å². The molecule has 0 bridgehead atoms. The van der Waals surface area contributed by atoms with Gasteiger partial charge in [0, 0.05) is 6.54 Å². The number of amides is 3. The van der Waals surface area contributed by atoms with Crippen molar-refractivity contribution in [2.75, 3.05) is 6.54 Å². The summed E-state index contributed by atoms with van der Waals surface area (Å²) >= 11 is 0. The molecule has 3 N–H and O–H groups in total. The monoisotopic (exact) mass is 457 g/mol. The summed E-state index contributed by atoms with van der Waals surface area (Å²) in [6.45, 7) is 6.76. The minimum atomic E-state index is -0.654. The van der Waals surface area contributed by atoms with Crippen LogP contribution in [0.25, 0.3) is 0 Å². The van der Waals surface area contributed by atoms with E-state index in [1.807, 2.05) is 44.2 Å². The third kappa shape index (κ3) is 10.4. The topological polar surface area (TPSA) is 87.3 Å². The van der Waals surface area contributed by atoms with Crippen LogP contribution >= 0.6 is 0 Å². The molecule has 184 valence electrons. The molecule has 33 heavy (non-hydrogen) atoms. The van der Waals surface area contributed by atoms with Crippen molar-refractivity contribution in [3.8, 4) is 0 Å². The van der Waals surface area contributed by atoms with Crippen molar-refractivity contribution >= 4 is 17.7 Å². The molecule has 1 aliphatic carbocycles. The fraction of sp³-hybridized carbons (Fsp3) is 0.667. The van der Waals surface area contributed by atoms with Crippen molar-refractivity contribution in [3.63, 3.8) is 0 Å². The van der Waals surface area contributed by atoms with Crippen LogP contribution in [0, 0.1) is 11.8 Å². The molecule has 0 heterocycles. The summed E-state index contributed by atoms with van der Waals surface area (Å²) in [5, 5.41) is 8.90. The quantitative estimate of drug-likeness (QED) is 0.389. The van der Waals surface area contributed by atoms with Crippen LogP contribution in [0.15, 0.2) is 30.3 Å². The highest BCUT2D eigenvalue weighted by Gasteiger charge is 2.29. The van der Waals surface area contributed by atoms with Crippen molar-refractivity contribution in [1.29, 1.82) is 0 Å². The minimum absolute atomic E-state index is 0.110. The number of benzene rings is 1. The summed E-state index contributed by atoms with van der Waals surface area (Å²) < 4.78 is 0. The second-order valence-corrected chi connectivity index (χ2v) is 9.86. The molecule has 0 unspecified atom stereocenters. The first kappa shape index (κ1) is 26.9. The molecule has 0 radical (unpaired) electrons. The first-order valence-corrected chi connectivity index (χ1v) is 12.8. The number of hydrogen-bond donors (Lipinski definition) is 3. The zero-order chi connectivity index (χ0) is 24.1. The molecule has 0 saturated heterocycles. The molecular formula is C27H43N3O3. The predicted octanol–water partition coefficient (Wildman–Crippen LogP) is 4.13. The van der Waals surface area contributed by atoms with Crippen molar-refractivity contribution in [1.82, 2.24) is 16.0 Å². The van der Waals surface area contributed by atoms with Crippen LogP contribution in [-0.4, -0.2) is 36.3 Å². The lowest BCUT2D eigenvalue weighted by Crippen LogP contribution is -2.54. The van der Waals surface area contributed by atoms with Gasteiger partial charge in [0.25, 0.3) is 0 Å². The molecule has 6 nitrogen and oxygen atoms in total. The van der Waals surface area contributed by atoms with Gasteiger partial charge in [-0.15, -0.1) is 0 Å². The van der Waals surface area contributed by atoms with Crippen LogP contribution in [-0.2, 0) is 20.8 Å². The minimum Gasteiger partial charge on any atom is -0.354 e. The predicted molar refractivity (Wildman–Crippen MR) is 133 cm³/mol. The Morgan fingerprint density at radius 1 is 0.939 bits per heavy atom. The van der Waals surface area contributed by atoms with Crippen molar-refractivity contribution < 1.29 is 14.4 Å². The lowest BCUT2D eigenvalue weighted by Gasteiger charge is -2.28. The maximum atomic E-state index is 13.2. The molecule has 0 aliphatic heterocycles. The van der Waals surface area contributed by atoms with E-state index in [2.05, 4.69) is 22.9 Å². The van der Waals surface area contributed by atoms with E-state index in [1.165, 1.54) is 19.3 Å².